The van der Waals surface area contributed by atoms with Gasteiger partial charge in [-0.05, 0) is 86.8 Å². The summed E-state index contributed by atoms with van der Waals surface area (Å²) in [7, 11) is 0. The summed E-state index contributed by atoms with van der Waals surface area (Å²) in [6.45, 7) is 2.27. The summed E-state index contributed by atoms with van der Waals surface area (Å²) in [4.78, 5) is 2.44. The molecule has 0 radical (unpaired) electrons. The first kappa shape index (κ1) is 27.0. The molecule has 0 unspecified atom stereocenters. The molecular weight excluding hydrogens is 518 g/mol. The van der Waals surface area contributed by atoms with Gasteiger partial charge in [0.1, 0.15) is 0 Å². The summed E-state index contributed by atoms with van der Waals surface area (Å²) in [6.07, 6.45) is 6.27. The highest BCUT2D eigenvalue weighted by atomic mass is 15.1. The number of anilines is 3. The van der Waals surface area contributed by atoms with Crippen LogP contribution in [0.2, 0.25) is 0 Å². The fourth-order valence-electron chi connectivity index (χ4n) is 6.46. The van der Waals surface area contributed by atoms with Gasteiger partial charge in [0, 0.05) is 16.8 Å². The molecule has 0 bridgehead atoms. The third-order valence-corrected chi connectivity index (χ3v) is 8.73. The minimum atomic E-state index is 1.14. The zero-order chi connectivity index (χ0) is 29.0. The van der Waals surface area contributed by atoms with Crippen molar-refractivity contribution in [3.05, 3.63) is 151 Å². The predicted molar refractivity (Wildman–Crippen MR) is 187 cm³/mol. The second kappa shape index (κ2) is 12.2. The van der Waals surface area contributed by atoms with Crippen molar-refractivity contribution in [2.45, 2.75) is 39.0 Å². The molecule has 0 saturated heterocycles. The molecule has 0 aromatic heterocycles. The number of fused-ring (bicyclic) bond motifs is 5. The van der Waals surface area contributed by atoms with Crippen molar-refractivity contribution in [3.63, 3.8) is 0 Å². The SMILES string of the molecule is CCCCCCc1ccc(N(c2ccc(-c3ccccc3)cc2)c2cc3c4ccccc4ccc3c3ccccc23)cc1. The van der Waals surface area contributed by atoms with E-state index < -0.39 is 0 Å². The Morgan fingerprint density at radius 3 is 1.79 bits per heavy atom. The molecule has 0 aliphatic carbocycles. The number of nitrogens with zero attached hydrogens (tertiary/aromatic N) is 1. The maximum absolute atomic E-state index is 2.44. The highest BCUT2D eigenvalue weighted by molar-refractivity contribution is 6.21. The van der Waals surface area contributed by atoms with E-state index in [4.69, 9.17) is 0 Å². The van der Waals surface area contributed by atoms with Crippen LogP contribution in [0, 0.1) is 0 Å². The number of rotatable bonds is 9. The first-order chi connectivity index (χ1) is 21.3. The Morgan fingerprint density at radius 1 is 0.442 bits per heavy atom. The molecule has 1 nitrogen and oxygen atoms in total. The average molecular weight is 556 g/mol. The van der Waals surface area contributed by atoms with Gasteiger partial charge in [-0.3, -0.25) is 0 Å². The Kier molecular flexibility index (Phi) is 7.63. The Balaban J connectivity index is 1.40. The summed E-state index contributed by atoms with van der Waals surface area (Å²) in [5, 5.41) is 7.65. The summed E-state index contributed by atoms with van der Waals surface area (Å²) in [5.41, 5.74) is 7.39. The second-order valence-corrected chi connectivity index (χ2v) is 11.5. The van der Waals surface area contributed by atoms with Gasteiger partial charge >= 0.3 is 0 Å². The molecule has 7 aromatic rings. The van der Waals surface area contributed by atoms with E-state index in [0.29, 0.717) is 0 Å². The van der Waals surface area contributed by atoms with Crippen molar-refractivity contribution >= 4 is 49.4 Å². The minimum Gasteiger partial charge on any atom is -0.310 e. The summed E-state index contributed by atoms with van der Waals surface area (Å²) in [5.74, 6) is 0. The zero-order valence-corrected chi connectivity index (χ0v) is 24.8. The summed E-state index contributed by atoms with van der Waals surface area (Å²) < 4.78 is 0. The van der Waals surface area contributed by atoms with Gasteiger partial charge in [-0.15, -0.1) is 0 Å². The van der Waals surface area contributed by atoms with Gasteiger partial charge in [-0.25, -0.2) is 0 Å². The fourth-order valence-corrected chi connectivity index (χ4v) is 6.46. The van der Waals surface area contributed by atoms with Crippen LogP contribution in [0.1, 0.15) is 38.2 Å². The minimum absolute atomic E-state index is 1.14. The summed E-state index contributed by atoms with van der Waals surface area (Å²) in [6, 6.07) is 53.5. The Labute approximate surface area is 255 Å². The van der Waals surface area contributed by atoms with Crippen LogP contribution in [0.4, 0.5) is 17.1 Å². The lowest BCUT2D eigenvalue weighted by atomic mass is 9.95. The quantitative estimate of drug-likeness (QED) is 0.126. The van der Waals surface area contributed by atoms with E-state index in [0.717, 1.165) is 12.1 Å². The smallest absolute Gasteiger partial charge is 0.0546 e. The Bertz CT molecular complexity index is 1990. The van der Waals surface area contributed by atoms with Gasteiger partial charge < -0.3 is 4.90 Å². The predicted octanol–water partition coefficient (Wildman–Crippen LogP) is 12.4. The topological polar surface area (TPSA) is 3.24 Å². The molecule has 210 valence electrons. The van der Waals surface area contributed by atoms with Crippen molar-refractivity contribution in [3.8, 4) is 11.1 Å². The van der Waals surface area contributed by atoms with Crippen LogP contribution in [-0.2, 0) is 6.42 Å². The van der Waals surface area contributed by atoms with E-state index in [1.165, 1.54) is 86.1 Å². The zero-order valence-electron chi connectivity index (χ0n) is 24.8. The van der Waals surface area contributed by atoms with Gasteiger partial charge in [0.05, 0.1) is 5.69 Å². The molecule has 0 aliphatic rings. The Morgan fingerprint density at radius 2 is 1.05 bits per heavy atom. The van der Waals surface area contributed by atoms with Gasteiger partial charge in [0.15, 0.2) is 0 Å². The molecule has 0 spiro atoms. The van der Waals surface area contributed by atoms with Gasteiger partial charge in [-0.2, -0.15) is 0 Å². The maximum atomic E-state index is 2.44. The highest BCUT2D eigenvalue weighted by Crippen LogP contribution is 2.43. The van der Waals surface area contributed by atoms with E-state index in [1.807, 2.05) is 0 Å². The lowest BCUT2D eigenvalue weighted by Gasteiger charge is -2.28. The van der Waals surface area contributed by atoms with Crippen LogP contribution in [0.25, 0.3) is 43.4 Å². The lowest BCUT2D eigenvalue weighted by Crippen LogP contribution is -2.11. The normalized spacial score (nSPS) is 11.4. The Hall–Kier alpha value is -4.88. The van der Waals surface area contributed by atoms with Crippen LogP contribution in [-0.4, -0.2) is 0 Å². The number of unbranched alkanes of at least 4 members (excludes halogenated alkanes) is 3. The molecule has 0 atom stereocenters. The standard InChI is InChI=1S/C42H37N/c1-2-3-4-6-13-31-20-25-35(26-21-31)43(36-27-22-33(23-28-36)32-14-7-5-8-15-32)42-30-41-37-17-10-9-16-34(37)24-29-39(41)38-18-11-12-19-40(38)42/h5,7-12,14-30H,2-4,6,13H2,1H3. The molecule has 0 amide bonds. The van der Waals surface area contributed by atoms with Gasteiger partial charge in [0.25, 0.3) is 0 Å². The average Bonchev–Trinajstić information content (AvgIpc) is 3.08. The van der Waals surface area contributed by atoms with Crippen molar-refractivity contribution in [1.82, 2.24) is 0 Å². The second-order valence-electron chi connectivity index (χ2n) is 11.5. The van der Waals surface area contributed by atoms with Crippen molar-refractivity contribution in [2.75, 3.05) is 4.90 Å². The number of hydrogen-bond acceptors (Lipinski definition) is 1. The van der Waals surface area contributed by atoms with E-state index in [9.17, 15) is 0 Å². The van der Waals surface area contributed by atoms with E-state index in [1.54, 1.807) is 0 Å². The molecule has 7 rings (SSSR count). The molecule has 0 N–H and O–H groups in total. The van der Waals surface area contributed by atoms with Crippen LogP contribution < -0.4 is 4.90 Å². The molecule has 0 aliphatic heterocycles. The van der Waals surface area contributed by atoms with Crippen LogP contribution in [0.15, 0.2) is 146 Å². The third-order valence-electron chi connectivity index (χ3n) is 8.73. The van der Waals surface area contributed by atoms with E-state index in [-0.39, 0.29) is 0 Å². The van der Waals surface area contributed by atoms with Gasteiger partial charge in [-0.1, -0.05) is 141 Å². The summed E-state index contributed by atoms with van der Waals surface area (Å²) >= 11 is 0. The van der Waals surface area contributed by atoms with Gasteiger partial charge in [0.2, 0.25) is 0 Å². The maximum Gasteiger partial charge on any atom is 0.0546 e. The molecule has 0 heterocycles. The number of hydrogen-bond donors (Lipinski definition) is 0. The third kappa shape index (κ3) is 5.40. The van der Waals surface area contributed by atoms with Crippen molar-refractivity contribution in [1.29, 1.82) is 0 Å². The first-order valence-corrected chi connectivity index (χ1v) is 15.7. The molecule has 43 heavy (non-hydrogen) atoms. The van der Waals surface area contributed by atoms with E-state index in [2.05, 4.69) is 157 Å². The van der Waals surface area contributed by atoms with Crippen LogP contribution >= 0.6 is 0 Å². The number of aryl methyl sites for hydroxylation is 1. The fraction of sp³-hybridized carbons (Fsp3) is 0.143. The van der Waals surface area contributed by atoms with Crippen LogP contribution in [0.3, 0.4) is 0 Å². The first-order valence-electron chi connectivity index (χ1n) is 15.7. The molecule has 0 saturated carbocycles. The molecule has 1 heteroatoms. The monoisotopic (exact) mass is 555 g/mol. The molecule has 0 fully saturated rings. The molecular formula is C42H37N. The van der Waals surface area contributed by atoms with Crippen molar-refractivity contribution in [2.24, 2.45) is 0 Å². The van der Waals surface area contributed by atoms with Crippen LogP contribution in [0.5, 0.6) is 0 Å². The number of benzene rings is 7. The largest absolute Gasteiger partial charge is 0.310 e. The van der Waals surface area contributed by atoms with E-state index >= 15 is 0 Å². The highest BCUT2D eigenvalue weighted by Gasteiger charge is 2.18. The van der Waals surface area contributed by atoms with Crippen molar-refractivity contribution < 1.29 is 0 Å². The molecule has 7 aromatic carbocycles. The lowest BCUT2D eigenvalue weighted by molar-refractivity contribution is 0.667.